The summed E-state index contributed by atoms with van der Waals surface area (Å²) >= 11 is 11.6. The van der Waals surface area contributed by atoms with Crippen molar-refractivity contribution in [1.82, 2.24) is 14.8 Å². The molecule has 2 N–H and O–H groups in total. The lowest BCUT2D eigenvalue weighted by molar-refractivity contribution is -0.113. The van der Waals surface area contributed by atoms with Gasteiger partial charge in [0.2, 0.25) is 11.1 Å². The molecule has 1 amide bonds. The van der Waals surface area contributed by atoms with Crippen LogP contribution in [0, 0.1) is 0 Å². The predicted molar refractivity (Wildman–Crippen MR) is 178 cm³/mol. The zero-order chi connectivity index (χ0) is 31.4. The molecule has 0 saturated heterocycles. The summed E-state index contributed by atoms with van der Waals surface area (Å²) in [5.74, 6) is 2.49. The summed E-state index contributed by atoms with van der Waals surface area (Å²) in [4.78, 5) is 18.9. The van der Waals surface area contributed by atoms with Gasteiger partial charge in [-0.2, -0.15) is 4.98 Å². The van der Waals surface area contributed by atoms with Gasteiger partial charge >= 0.3 is 0 Å². The second-order valence-corrected chi connectivity index (χ2v) is 12.4. The molecule has 0 aliphatic carbocycles. The minimum atomic E-state index is -0.647. The molecule has 12 heteroatoms. The number of hydrogen-bond acceptors (Lipinski definition) is 8. The number of nitrogens with one attached hydrogen (secondary N) is 2. The molecule has 0 fully saturated rings. The van der Waals surface area contributed by atoms with Crippen LogP contribution in [-0.4, -0.2) is 40.5 Å². The number of hydrogen-bond donors (Lipinski definition) is 2. The van der Waals surface area contributed by atoms with Gasteiger partial charge in [-0.05, 0) is 85.1 Å². The molecule has 0 radical (unpaired) electrons. The van der Waals surface area contributed by atoms with Crippen molar-refractivity contribution in [3.8, 4) is 17.2 Å². The van der Waals surface area contributed by atoms with Crippen LogP contribution in [0.1, 0.15) is 44.9 Å². The Morgan fingerprint density at radius 1 is 1.16 bits per heavy atom. The highest BCUT2D eigenvalue weighted by molar-refractivity contribution is 9.10. The van der Waals surface area contributed by atoms with E-state index in [2.05, 4.69) is 26.6 Å². The number of ether oxygens (including phenoxy) is 3. The van der Waals surface area contributed by atoms with Crippen molar-refractivity contribution in [1.29, 1.82) is 0 Å². The minimum absolute atomic E-state index is 0.0702. The Balaban J connectivity index is 1.59. The number of halogens is 2. The van der Waals surface area contributed by atoms with Crippen LogP contribution < -0.4 is 24.8 Å². The molecular weight excluding hydrogens is 666 g/mol. The van der Waals surface area contributed by atoms with Gasteiger partial charge in [0.25, 0.3) is 5.91 Å². The molecule has 1 unspecified atom stereocenters. The molecule has 0 spiro atoms. The number of carbonyl (C=O) groups excluding carboxylic acids is 1. The average molecular weight is 699 g/mol. The van der Waals surface area contributed by atoms with Crippen LogP contribution in [0.2, 0.25) is 5.02 Å². The van der Waals surface area contributed by atoms with Crippen molar-refractivity contribution in [2.75, 3.05) is 24.4 Å². The van der Waals surface area contributed by atoms with Crippen molar-refractivity contribution < 1.29 is 19.0 Å². The number of benzene rings is 3. The van der Waals surface area contributed by atoms with Crippen molar-refractivity contribution in [3.63, 3.8) is 0 Å². The van der Waals surface area contributed by atoms with Crippen LogP contribution in [-0.2, 0) is 10.5 Å². The van der Waals surface area contributed by atoms with Gasteiger partial charge in [-0.25, -0.2) is 4.68 Å². The quantitative estimate of drug-likeness (QED) is 0.152. The summed E-state index contributed by atoms with van der Waals surface area (Å²) in [5.41, 5.74) is 3.39. The third-order valence-corrected chi connectivity index (χ3v) is 8.59. The number of fused-ring (bicyclic) bond motifs is 1. The Morgan fingerprint density at radius 3 is 2.64 bits per heavy atom. The van der Waals surface area contributed by atoms with E-state index < -0.39 is 6.04 Å². The van der Waals surface area contributed by atoms with E-state index in [9.17, 15) is 4.79 Å². The number of aromatic nitrogens is 3. The SMILES string of the molecule is CCOc1cc(C2C(C(=O)Nc3ccccc3OC)=C(C)Nc3nc(SCc4ccccc4Cl)nn32)cc(Br)c1OC(C)C. The van der Waals surface area contributed by atoms with E-state index in [1.807, 2.05) is 76.2 Å². The van der Waals surface area contributed by atoms with Crippen molar-refractivity contribution >= 4 is 56.8 Å². The van der Waals surface area contributed by atoms with Crippen LogP contribution in [0.25, 0.3) is 0 Å². The van der Waals surface area contributed by atoms with Crippen molar-refractivity contribution in [2.24, 2.45) is 0 Å². The first-order valence-corrected chi connectivity index (χ1v) is 16.2. The second-order valence-electron chi connectivity index (χ2n) is 10.2. The van der Waals surface area contributed by atoms with Gasteiger partial charge < -0.3 is 24.8 Å². The Bertz CT molecular complexity index is 1710. The smallest absolute Gasteiger partial charge is 0.255 e. The first-order chi connectivity index (χ1) is 21.2. The van der Waals surface area contributed by atoms with Gasteiger partial charge in [-0.3, -0.25) is 4.79 Å². The first-order valence-electron chi connectivity index (χ1n) is 14.1. The number of amides is 1. The molecule has 3 aromatic carbocycles. The molecular formula is C32H33BrClN5O4S. The third-order valence-electron chi connectivity index (χ3n) is 6.75. The lowest BCUT2D eigenvalue weighted by Crippen LogP contribution is -2.31. The van der Waals surface area contributed by atoms with E-state index in [0.717, 1.165) is 11.1 Å². The zero-order valence-corrected chi connectivity index (χ0v) is 28.1. The number of rotatable bonds is 11. The molecule has 1 atom stereocenters. The number of thioether (sulfide) groups is 1. The Labute approximate surface area is 274 Å². The molecule has 0 bridgehead atoms. The Morgan fingerprint density at radius 2 is 1.91 bits per heavy atom. The highest BCUT2D eigenvalue weighted by Crippen LogP contribution is 2.44. The fraction of sp³-hybridized carbons (Fsp3) is 0.281. The topological polar surface area (TPSA) is 99.5 Å². The summed E-state index contributed by atoms with van der Waals surface area (Å²) in [7, 11) is 1.57. The fourth-order valence-corrected chi connectivity index (χ4v) is 6.52. The van der Waals surface area contributed by atoms with Crippen LogP contribution in [0.3, 0.4) is 0 Å². The van der Waals surface area contributed by atoms with E-state index in [-0.39, 0.29) is 12.0 Å². The maximum Gasteiger partial charge on any atom is 0.255 e. The summed E-state index contributed by atoms with van der Waals surface area (Å²) in [6.07, 6.45) is -0.0702. The van der Waals surface area contributed by atoms with Gasteiger partial charge in [0.1, 0.15) is 11.8 Å². The van der Waals surface area contributed by atoms with Crippen LogP contribution in [0.15, 0.2) is 81.6 Å². The lowest BCUT2D eigenvalue weighted by atomic mass is 9.94. The normalized spacial score (nSPS) is 14.2. The molecule has 5 rings (SSSR count). The Hall–Kier alpha value is -3.67. The van der Waals surface area contributed by atoms with E-state index in [4.69, 9.17) is 35.9 Å². The molecule has 4 aromatic rings. The summed E-state index contributed by atoms with van der Waals surface area (Å²) < 4.78 is 20.0. The number of anilines is 2. The number of methoxy groups -OCH3 is 1. The summed E-state index contributed by atoms with van der Waals surface area (Å²) in [5, 5.41) is 12.4. The molecule has 1 aliphatic heterocycles. The van der Waals surface area contributed by atoms with Gasteiger partial charge in [-0.15, -0.1) is 5.10 Å². The zero-order valence-electron chi connectivity index (χ0n) is 25.0. The molecule has 230 valence electrons. The number of carbonyl (C=O) groups is 1. The largest absolute Gasteiger partial charge is 0.495 e. The summed E-state index contributed by atoms with van der Waals surface area (Å²) in [6, 6.07) is 18.2. The molecule has 9 nitrogen and oxygen atoms in total. The van der Waals surface area contributed by atoms with E-state index in [1.54, 1.807) is 23.9 Å². The van der Waals surface area contributed by atoms with Crippen LogP contribution >= 0.6 is 39.3 Å². The highest BCUT2D eigenvalue weighted by atomic mass is 79.9. The highest BCUT2D eigenvalue weighted by Gasteiger charge is 2.36. The third kappa shape index (κ3) is 6.85. The van der Waals surface area contributed by atoms with Gasteiger partial charge in [0.05, 0.1) is 35.6 Å². The van der Waals surface area contributed by atoms with E-state index in [0.29, 0.717) is 67.2 Å². The van der Waals surface area contributed by atoms with E-state index in [1.165, 1.54) is 11.8 Å². The molecule has 44 heavy (non-hydrogen) atoms. The first kappa shape index (κ1) is 31.7. The van der Waals surface area contributed by atoms with Crippen LogP contribution in [0.5, 0.6) is 17.2 Å². The minimum Gasteiger partial charge on any atom is -0.495 e. The number of allylic oxidation sites excluding steroid dienone is 1. The van der Waals surface area contributed by atoms with Crippen molar-refractivity contribution in [2.45, 2.75) is 50.8 Å². The Kier molecular flexibility index (Phi) is 10.1. The fourth-order valence-electron chi connectivity index (χ4n) is 4.85. The second kappa shape index (κ2) is 14.0. The molecule has 2 heterocycles. The summed E-state index contributed by atoms with van der Waals surface area (Å²) in [6.45, 7) is 8.12. The lowest BCUT2D eigenvalue weighted by Gasteiger charge is -2.29. The molecule has 1 aromatic heterocycles. The molecule has 1 aliphatic rings. The van der Waals surface area contributed by atoms with Gasteiger partial charge in [0.15, 0.2) is 11.5 Å². The van der Waals surface area contributed by atoms with E-state index >= 15 is 0 Å². The number of nitrogens with zero attached hydrogens (tertiary/aromatic N) is 3. The molecule has 0 saturated carbocycles. The van der Waals surface area contributed by atoms with Crippen molar-refractivity contribution in [3.05, 3.63) is 92.6 Å². The maximum atomic E-state index is 14.1. The maximum absolute atomic E-state index is 14.1. The van der Waals surface area contributed by atoms with Gasteiger partial charge in [0, 0.05) is 16.5 Å². The average Bonchev–Trinajstić information content (AvgIpc) is 3.40. The standard InChI is InChI=1S/C32H33BrClN5O4S/c1-6-42-26-16-21(15-22(33)29(26)43-18(2)3)28-27(30(40)36-24-13-9-10-14-25(24)41-5)19(4)35-31-37-32(38-39(28)31)44-17-20-11-7-8-12-23(20)34/h7-16,18,28H,6,17H2,1-5H3,(H,36,40)(H,35,37,38). The van der Waals surface area contributed by atoms with Gasteiger partial charge in [-0.1, -0.05) is 53.7 Å². The monoisotopic (exact) mass is 697 g/mol. The predicted octanol–water partition coefficient (Wildman–Crippen LogP) is 8.11. The number of para-hydroxylation sites is 2. The van der Waals surface area contributed by atoms with Crippen LogP contribution in [0.4, 0.5) is 11.6 Å².